The van der Waals surface area contributed by atoms with Gasteiger partial charge in [0, 0.05) is 26.1 Å². The van der Waals surface area contributed by atoms with Crippen LogP contribution >= 0.6 is 0 Å². The molecule has 2 heterocycles. The van der Waals surface area contributed by atoms with E-state index in [1.165, 1.54) is 0 Å². The summed E-state index contributed by atoms with van der Waals surface area (Å²) in [6.45, 7) is 6.04. The number of nitrogens with zero attached hydrogens (tertiary/aromatic N) is 2. The van der Waals surface area contributed by atoms with Gasteiger partial charge in [-0.15, -0.1) is 0 Å². The minimum atomic E-state index is 0.335. The van der Waals surface area contributed by atoms with Gasteiger partial charge >= 0.3 is 0 Å². The van der Waals surface area contributed by atoms with Crippen LogP contribution in [0.4, 0.5) is 11.5 Å². The molecule has 0 saturated carbocycles. The topological polar surface area (TPSA) is 65.1 Å². The van der Waals surface area contributed by atoms with Gasteiger partial charge in [0.15, 0.2) is 0 Å². The lowest BCUT2D eigenvalue weighted by Gasteiger charge is -2.15. The lowest BCUT2D eigenvalue weighted by atomic mass is 10.0. The van der Waals surface area contributed by atoms with E-state index >= 15 is 0 Å². The van der Waals surface area contributed by atoms with Crippen LogP contribution < -0.4 is 11.1 Å². The molecule has 0 amide bonds. The standard InChI is InChI=1S/C13H24N4O/c1-4-5-11-12(14)13(17(3)16-11)15-8-10-6-7-18-9(10)2/h9-10,15H,4-8,14H2,1-3H3. The molecule has 0 bridgehead atoms. The lowest BCUT2D eigenvalue weighted by molar-refractivity contribution is 0.108. The van der Waals surface area contributed by atoms with Crippen molar-refractivity contribution in [1.29, 1.82) is 0 Å². The van der Waals surface area contributed by atoms with Crippen LogP contribution in [0.15, 0.2) is 0 Å². The first kappa shape index (κ1) is 13.2. The number of ether oxygens (including phenoxy) is 1. The summed E-state index contributed by atoms with van der Waals surface area (Å²) in [6.07, 6.45) is 3.45. The third-order valence-electron chi connectivity index (χ3n) is 3.71. The molecule has 1 saturated heterocycles. The van der Waals surface area contributed by atoms with Crippen LogP contribution in [0.3, 0.4) is 0 Å². The fourth-order valence-corrected chi connectivity index (χ4v) is 2.50. The van der Waals surface area contributed by atoms with Crippen LogP contribution in [0.5, 0.6) is 0 Å². The molecule has 2 rings (SSSR count). The Labute approximate surface area is 109 Å². The van der Waals surface area contributed by atoms with Crippen molar-refractivity contribution in [3.8, 4) is 0 Å². The van der Waals surface area contributed by atoms with E-state index in [9.17, 15) is 0 Å². The van der Waals surface area contributed by atoms with Gasteiger partial charge in [0.1, 0.15) is 5.82 Å². The lowest BCUT2D eigenvalue weighted by Crippen LogP contribution is -2.22. The minimum Gasteiger partial charge on any atom is -0.394 e. The number of hydrogen-bond donors (Lipinski definition) is 2. The monoisotopic (exact) mass is 252 g/mol. The quantitative estimate of drug-likeness (QED) is 0.838. The summed E-state index contributed by atoms with van der Waals surface area (Å²) in [5.74, 6) is 1.51. The van der Waals surface area contributed by atoms with Crippen LogP contribution in [-0.4, -0.2) is 29.0 Å². The average Bonchev–Trinajstić information content (AvgIpc) is 2.84. The second kappa shape index (κ2) is 5.61. The fourth-order valence-electron chi connectivity index (χ4n) is 2.50. The van der Waals surface area contributed by atoms with Crippen molar-refractivity contribution in [1.82, 2.24) is 9.78 Å². The second-order valence-electron chi connectivity index (χ2n) is 5.09. The van der Waals surface area contributed by atoms with Crippen molar-refractivity contribution < 1.29 is 4.74 Å². The highest BCUT2D eigenvalue weighted by molar-refractivity contribution is 5.65. The summed E-state index contributed by atoms with van der Waals surface area (Å²) < 4.78 is 7.41. The number of hydrogen-bond acceptors (Lipinski definition) is 4. The minimum absolute atomic E-state index is 0.335. The average molecular weight is 252 g/mol. The van der Waals surface area contributed by atoms with Crippen LogP contribution in [0.2, 0.25) is 0 Å². The van der Waals surface area contributed by atoms with Crippen molar-refractivity contribution in [2.45, 2.75) is 39.2 Å². The summed E-state index contributed by atoms with van der Waals surface area (Å²) in [6, 6.07) is 0. The Balaban J connectivity index is 2.00. The molecule has 0 aliphatic carbocycles. The van der Waals surface area contributed by atoms with Gasteiger partial charge in [-0.05, 0) is 19.8 Å². The molecule has 5 nitrogen and oxygen atoms in total. The third-order valence-corrected chi connectivity index (χ3v) is 3.71. The van der Waals surface area contributed by atoms with Crippen molar-refractivity contribution >= 4 is 11.5 Å². The van der Waals surface area contributed by atoms with E-state index < -0.39 is 0 Å². The van der Waals surface area contributed by atoms with E-state index in [0.717, 1.165) is 49.6 Å². The van der Waals surface area contributed by atoms with Crippen LogP contribution in [0, 0.1) is 5.92 Å². The Morgan fingerprint density at radius 3 is 2.94 bits per heavy atom. The molecule has 0 radical (unpaired) electrons. The zero-order valence-corrected chi connectivity index (χ0v) is 11.6. The highest BCUT2D eigenvalue weighted by Crippen LogP contribution is 2.25. The fraction of sp³-hybridized carbons (Fsp3) is 0.769. The summed E-state index contributed by atoms with van der Waals surface area (Å²) in [4.78, 5) is 0. The van der Waals surface area contributed by atoms with E-state index in [0.29, 0.717) is 12.0 Å². The molecule has 102 valence electrons. The number of rotatable bonds is 5. The molecule has 1 aliphatic heterocycles. The van der Waals surface area contributed by atoms with E-state index in [4.69, 9.17) is 10.5 Å². The summed E-state index contributed by atoms with van der Waals surface area (Å²) in [5, 5.41) is 7.89. The second-order valence-corrected chi connectivity index (χ2v) is 5.09. The van der Waals surface area contributed by atoms with Gasteiger partial charge in [-0.25, -0.2) is 0 Å². The first-order valence-electron chi connectivity index (χ1n) is 6.80. The van der Waals surface area contributed by atoms with E-state index in [1.54, 1.807) is 0 Å². The molecule has 1 aromatic rings. The van der Waals surface area contributed by atoms with Crippen molar-refractivity contribution in [3.05, 3.63) is 5.69 Å². The zero-order valence-electron chi connectivity index (χ0n) is 11.6. The highest BCUT2D eigenvalue weighted by atomic mass is 16.5. The van der Waals surface area contributed by atoms with Crippen LogP contribution in [-0.2, 0) is 18.2 Å². The molecule has 2 atom stereocenters. The van der Waals surface area contributed by atoms with Gasteiger partial charge in [0.05, 0.1) is 17.5 Å². The maximum Gasteiger partial charge on any atom is 0.147 e. The SMILES string of the molecule is CCCc1nn(C)c(NCC2CCOC2C)c1N. The summed E-state index contributed by atoms with van der Waals surface area (Å²) >= 11 is 0. The Morgan fingerprint density at radius 1 is 1.56 bits per heavy atom. The van der Waals surface area contributed by atoms with Gasteiger partial charge in [0.2, 0.25) is 0 Å². The van der Waals surface area contributed by atoms with Gasteiger partial charge in [-0.1, -0.05) is 13.3 Å². The van der Waals surface area contributed by atoms with Gasteiger partial charge < -0.3 is 15.8 Å². The van der Waals surface area contributed by atoms with Crippen LogP contribution in [0.1, 0.15) is 32.4 Å². The van der Waals surface area contributed by atoms with Crippen molar-refractivity contribution in [2.75, 3.05) is 24.2 Å². The smallest absolute Gasteiger partial charge is 0.147 e. The highest BCUT2D eigenvalue weighted by Gasteiger charge is 2.24. The molecule has 1 fully saturated rings. The van der Waals surface area contributed by atoms with Crippen molar-refractivity contribution in [3.63, 3.8) is 0 Å². The summed E-state index contributed by atoms with van der Waals surface area (Å²) in [5.41, 5.74) is 7.93. The molecule has 0 aromatic carbocycles. The number of aromatic nitrogens is 2. The predicted molar refractivity (Wildman–Crippen MR) is 73.6 cm³/mol. The number of nitrogens with one attached hydrogen (secondary N) is 1. The largest absolute Gasteiger partial charge is 0.394 e. The van der Waals surface area contributed by atoms with Gasteiger partial charge in [0.25, 0.3) is 0 Å². The molecular formula is C13H24N4O. The third kappa shape index (κ3) is 2.61. The number of nitrogens with two attached hydrogens (primary N) is 1. The first-order chi connectivity index (χ1) is 8.63. The molecule has 5 heteroatoms. The predicted octanol–water partition coefficient (Wildman–Crippen LogP) is 1.79. The molecule has 3 N–H and O–H groups in total. The normalized spacial score (nSPS) is 23.5. The molecule has 2 unspecified atom stereocenters. The number of aryl methyl sites for hydroxylation is 2. The summed E-state index contributed by atoms with van der Waals surface area (Å²) in [7, 11) is 1.94. The van der Waals surface area contributed by atoms with Crippen molar-refractivity contribution in [2.24, 2.45) is 13.0 Å². The van der Waals surface area contributed by atoms with Crippen LogP contribution in [0.25, 0.3) is 0 Å². The first-order valence-corrected chi connectivity index (χ1v) is 6.80. The molecule has 18 heavy (non-hydrogen) atoms. The maximum atomic E-state index is 6.13. The van der Waals surface area contributed by atoms with E-state index in [1.807, 2.05) is 11.7 Å². The van der Waals surface area contributed by atoms with Gasteiger partial charge in [-0.2, -0.15) is 5.10 Å². The van der Waals surface area contributed by atoms with Gasteiger partial charge in [-0.3, -0.25) is 4.68 Å². The Morgan fingerprint density at radius 2 is 2.33 bits per heavy atom. The zero-order chi connectivity index (χ0) is 13.1. The Bertz CT molecular complexity index is 402. The van der Waals surface area contributed by atoms with E-state index in [-0.39, 0.29) is 0 Å². The molecule has 1 aliphatic rings. The Hall–Kier alpha value is -1.23. The molecule has 0 spiro atoms. The Kier molecular flexibility index (Phi) is 4.11. The number of nitrogen functional groups attached to an aromatic ring is 1. The van der Waals surface area contributed by atoms with E-state index in [2.05, 4.69) is 24.3 Å². The number of anilines is 2. The molecule has 1 aromatic heterocycles. The molecular weight excluding hydrogens is 228 g/mol. The maximum absolute atomic E-state index is 6.13.